The van der Waals surface area contributed by atoms with Gasteiger partial charge < -0.3 is 25.6 Å². The van der Waals surface area contributed by atoms with E-state index in [9.17, 15) is 4.79 Å². The maximum atomic E-state index is 12.0. The van der Waals surface area contributed by atoms with Crippen molar-refractivity contribution in [2.45, 2.75) is 32.2 Å². The average molecular weight is 496 g/mol. The third-order valence-corrected chi connectivity index (χ3v) is 6.08. The van der Waals surface area contributed by atoms with Gasteiger partial charge in [-0.05, 0) is 38.4 Å². The number of hydrogen-bond acceptors (Lipinski definition) is 8. The van der Waals surface area contributed by atoms with Gasteiger partial charge in [0.05, 0.1) is 18.5 Å². The number of halogens is 1. The Bertz CT molecular complexity index is 1330. The molecular weight excluding hydrogens is 454 g/mol. The summed E-state index contributed by atoms with van der Waals surface area (Å²) in [5, 5.41) is 3.16. The second kappa shape index (κ2) is 10.8. The monoisotopic (exact) mass is 495 g/mol. The zero-order valence-electron chi connectivity index (χ0n) is 27.4. The molecule has 184 valence electrons. The second-order valence-electron chi connectivity index (χ2n) is 7.98. The van der Waals surface area contributed by atoms with Gasteiger partial charge in [0.2, 0.25) is 0 Å². The molecule has 0 saturated carbocycles. The van der Waals surface area contributed by atoms with Crippen molar-refractivity contribution in [2.24, 2.45) is 5.73 Å². The summed E-state index contributed by atoms with van der Waals surface area (Å²) in [5.41, 5.74) is 7.11. The predicted octanol–water partition coefficient (Wildman–Crippen LogP) is 2.76. The second-order valence-corrected chi connectivity index (χ2v) is 8.34. The number of nitrogens with zero attached hydrogens (tertiary/aromatic N) is 5. The Morgan fingerprint density at radius 1 is 1.26 bits per heavy atom. The minimum atomic E-state index is -2.81. The normalized spacial score (nSPS) is 27.6. The molecule has 3 heterocycles. The van der Waals surface area contributed by atoms with Crippen molar-refractivity contribution in [2.75, 3.05) is 63.5 Å². The highest BCUT2D eigenvalue weighted by Crippen LogP contribution is 2.35. The first-order chi connectivity index (χ1) is 19.4. The van der Waals surface area contributed by atoms with E-state index in [1.54, 1.807) is 18.2 Å². The molecule has 4 rings (SSSR count). The number of nitrogens with two attached hydrogens (primary N) is 1. The number of piperidine rings is 1. The van der Waals surface area contributed by atoms with Crippen LogP contribution in [0, 0.1) is 0 Å². The first-order valence-electron chi connectivity index (χ1n) is 15.0. The van der Waals surface area contributed by atoms with Crippen LogP contribution in [0.5, 0.6) is 5.75 Å². The smallest absolute Gasteiger partial charge is 0.271 e. The number of rotatable bonds is 7. The molecule has 0 bridgehead atoms. The molecule has 10 heteroatoms. The van der Waals surface area contributed by atoms with E-state index in [1.807, 2.05) is 11.8 Å². The van der Waals surface area contributed by atoms with Crippen LogP contribution in [0.4, 0.5) is 17.2 Å². The van der Waals surface area contributed by atoms with Crippen molar-refractivity contribution in [3.8, 4) is 5.75 Å². The van der Waals surface area contributed by atoms with Gasteiger partial charge in [-0.2, -0.15) is 0 Å². The number of carbonyl (C=O) groups excluding carboxylic acids is 1. The van der Waals surface area contributed by atoms with Gasteiger partial charge in [-0.1, -0.05) is 18.5 Å². The number of likely N-dealkylation sites (N-methyl/N-ethyl adjacent to an activating group) is 1. The maximum absolute atomic E-state index is 12.0. The van der Waals surface area contributed by atoms with Gasteiger partial charge in [0.1, 0.15) is 5.75 Å². The predicted molar refractivity (Wildman–Crippen MR) is 136 cm³/mol. The number of methoxy groups -OCH3 is 1. The lowest BCUT2D eigenvalue weighted by atomic mass is 10.0. The fourth-order valence-corrected chi connectivity index (χ4v) is 4.21. The largest absolute Gasteiger partial charge is 0.495 e. The molecule has 2 aliphatic rings. The van der Waals surface area contributed by atoms with E-state index < -0.39 is 37.9 Å². The van der Waals surface area contributed by atoms with Crippen molar-refractivity contribution in [1.82, 2.24) is 19.8 Å². The van der Waals surface area contributed by atoms with E-state index in [2.05, 4.69) is 15.3 Å². The summed E-state index contributed by atoms with van der Waals surface area (Å²) in [6.07, 6.45) is 0.964. The van der Waals surface area contributed by atoms with Gasteiger partial charge in [0.15, 0.2) is 16.7 Å². The standard InChI is InChI=1S/C24H34ClN7O2/c1-4-18-22(25)29-24(21(28-18)23(26)33)27-16-5-6-19(20(15-16)34-3)32-9-7-17(8-10-32)31-13-11-30(2)12-14-31/h5-6,15,17H,4,7-14H2,1-3H3,(H2,26,33)(H,27,29)/i11D2,12D2,13D2,14D2. The number of piperazine rings is 1. The summed E-state index contributed by atoms with van der Waals surface area (Å²) in [6.45, 7) is -8.66. The topological polar surface area (TPSA) is 99.9 Å². The Kier molecular flexibility index (Phi) is 5.10. The number of nitrogens with one attached hydrogen (secondary N) is 1. The quantitative estimate of drug-likeness (QED) is 0.604. The molecule has 0 aliphatic carbocycles. The fraction of sp³-hybridized carbons (Fsp3) is 0.542. The molecule has 0 radical (unpaired) electrons. The van der Waals surface area contributed by atoms with Gasteiger partial charge in [-0.15, -0.1) is 0 Å². The van der Waals surface area contributed by atoms with E-state index in [-0.39, 0.29) is 29.5 Å². The summed E-state index contributed by atoms with van der Waals surface area (Å²) in [4.78, 5) is 23.7. The van der Waals surface area contributed by atoms with Gasteiger partial charge in [-0.25, -0.2) is 9.97 Å². The molecule has 3 N–H and O–H groups in total. The fourth-order valence-electron chi connectivity index (χ4n) is 3.95. The highest BCUT2D eigenvalue weighted by Gasteiger charge is 2.28. The number of anilines is 3. The Labute approximate surface area is 217 Å². The van der Waals surface area contributed by atoms with Crippen molar-refractivity contribution < 1.29 is 20.5 Å². The number of primary amides is 1. The van der Waals surface area contributed by atoms with Crippen molar-refractivity contribution in [1.29, 1.82) is 0 Å². The minimum absolute atomic E-state index is 0.0567. The summed E-state index contributed by atoms with van der Waals surface area (Å²) in [6, 6.07) is 4.44. The zero-order valence-corrected chi connectivity index (χ0v) is 20.1. The molecule has 0 unspecified atom stereocenters. The van der Waals surface area contributed by atoms with Crippen LogP contribution in [0.15, 0.2) is 18.2 Å². The van der Waals surface area contributed by atoms with Crippen molar-refractivity contribution in [3.63, 3.8) is 0 Å². The van der Waals surface area contributed by atoms with Crippen molar-refractivity contribution in [3.05, 3.63) is 34.7 Å². The van der Waals surface area contributed by atoms with Gasteiger partial charge in [0.25, 0.3) is 5.91 Å². The van der Waals surface area contributed by atoms with E-state index in [1.165, 1.54) is 7.11 Å². The molecule has 2 aromatic rings. The molecule has 1 amide bonds. The lowest BCUT2D eigenvalue weighted by molar-refractivity contribution is 0.0981. The van der Waals surface area contributed by atoms with Crippen LogP contribution in [0.25, 0.3) is 0 Å². The molecule has 2 fully saturated rings. The number of aromatic nitrogens is 2. The van der Waals surface area contributed by atoms with Crippen LogP contribution >= 0.6 is 11.6 Å². The molecule has 0 spiro atoms. The van der Waals surface area contributed by atoms with E-state index in [4.69, 9.17) is 33.0 Å². The van der Waals surface area contributed by atoms with Crippen LogP contribution in [0.3, 0.4) is 0 Å². The van der Waals surface area contributed by atoms with Crippen LogP contribution in [0.1, 0.15) is 46.9 Å². The highest BCUT2D eigenvalue weighted by molar-refractivity contribution is 6.30. The summed E-state index contributed by atoms with van der Waals surface area (Å²) >= 11 is 6.21. The first kappa shape index (κ1) is 16.1. The lowest BCUT2D eigenvalue weighted by Gasteiger charge is -2.42. The van der Waals surface area contributed by atoms with Crippen LogP contribution < -0.4 is 20.7 Å². The Balaban J connectivity index is 1.56. The molecule has 1 aromatic carbocycles. The molecule has 2 saturated heterocycles. The summed E-state index contributed by atoms with van der Waals surface area (Å²) in [7, 11) is 2.55. The molecular formula is C24H34ClN7O2. The Morgan fingerprint density at radius 3 is 2.59 bits per heavy atom. The van der Waals surface area contributed by atoms with Crippen LogP contribution in [0.2, 0.25) is 5.15 Å². The number of hydrogen-bond donors (Lipinski definition) is 2. The zero-order chi connectivity index (χ0) is 31.4. The number of amides is 1. The van der Waals surface area contributed by atoms with E-state index in [0.717, 1.165) is 11.9 Å². The van der Waals surface area contributed by atoms with Crippen LogP contribution in [-0.4, -0.2) is 85.0 Å². The maximum Gasteiger partial charge on any atom is 0.271 e. The summed E-state index contributed by atoms with van der Waals surface area (Å²) < 4.78 is 73.0. The van der Waals surface area contributed by atoms with Gasteiger partial charge in [0, 0.05) is 67.8 Å². The molecule has 1 aromatic heterocycles. The SMILES string of the molecule is [2H]C1([2H])N(C)C([2H])([2H])C([2H])([2H])N(C2CCN(c3ccc(Nc4nc(Cl)c(CC)nc4C(N)=O)cc3OC)CC2)C1([2H])[2H]. The number of aryl methyl sites for hydroxylation is 1. The Hall–Kier alpha value is -2.62. The van der Waals surface area contributed by atoms with Gasteiger partial charge >= 0.3 is 0 Å². The molecule has 2 aliphatic heterocycles. The number of carbonyl (C=O) groups is 1. The Morgan fingerprint density at radius 2 is 1.97 bits per heavy atom. The molecule has 0 atom stereocenters. The molecule has 34 heavy (non-hydrogen) atoms. The number of ether oxygens (including phenoxy) is 1. The third-order valence-electron chi connectivity index (χ3n) is 5.78. The van der Waals surface area contributed by atoms with Crippen molar-refractivity contribution >= 4 is 34.7 Å². The highest BCUT2D eigenvalue weighted by atomic mass is 35.5. The number of benzene rings is 1. The van der Waals surface area contributed by atoms with Gasteiger partial charge in [-0.3, -0.25) is 9.69 Å². The molecule has 9 nitrogen and oxygen atoms in total. The van der Waals surface area contributed by atoms with E-state index >= 15 is 0 Å². The first-order valence-corrected chi connectivity index (χ1v) is 11.4. The van der Waals surface area contributed by atoms with E-state index in [0.29, 0.717) is 47.2 Å². The summed E-state index contributed by atoms with van der Waals surface area (Å²) in [5.74, 6) is -0.199. The lowest BCUT2D eigenvalue weighted by Crippen LogP contribution is -2.52. The third kappa shape index (κ3) is 5.37. The van der Waals surface area contributed by atoms with Crippen LogP contribution in [-0.2, 0) is 6.42 Å². The minimum Gasteiger partial charge on any atom is -0.495 e. The average Bonchev–Trinajstić information content (AvgIpc) is 2.92.